The quantitative estimate of drug-likeness (QED) is 0.548. The summed E-state index contributed by atoms with van der Waals surface area (Å²) in [5.74, 6) is 0.572. The van der Waals surface area contributed by atoms with E-state index in [0.29, 0.717) is 30.5 Å². The van der Waals surface area contributed by atoms with Crippen LogP contribution < -0.4 is 10.6 Å². The Balaban J connectivity index is 1.61. The highest BCUT2D eigenvalue weighted by Gasteiger charge is 2.07. The molecule has 0 saturated carbocycles. The molecule has 29 heavy (non-hydrogen) atoms. The number of carbonyl (C=O) groups is 1. The summed E-state index contributed by atoms with van der Waals surface area (Å²) in [6, 6.07) is 15.3. The minimum absolute atomic E-state index is 0.241. The SMILES string of the molecule is CCOC(=O)c1ccc(Nc2cc(C)nc(NCCc3ccc(F)cc3)n2)cc1. The van der Waals surface area contributed by atoms with Gasteiger partial charge in [-0.15, -0.1) is 0 Å². The van der Waals surface area contributed by atoms with Crippen LogP contribution in [0.15, 0.2) is 54.6 Å². The molecule has 3 rings (SSSR count). The van der Waals surface area contributed by atoms with Gasteiger partial charge in [-0.05, 0) is 62.2 Å². The Bertz CT molecular complexity index is 960. The molecular weight excluding hydrogens is 371 g/mol. The Hall–Kier alpha value is -3.48. The van der Waals surface area contributed by atoms with Crippen molar-refractivity contribution in [2.75, 3.05) is 23.8 Å². The largest absolute Gasteiger partial charge is 0.462 e. The molecule has 0 radical (unpaired) electrons. The van der Waals surface area contributed by atoms with Gasteiger partial charge in [0.15, 0.2) is 0 Å². The summed E-state index contributed by atoms with van der Waals surface area (Å²) in [5.41, 5.74) is 3.15. The van der Waals surface area contributed by atoms with Gasteiger partial charge >= 0.3 is 5.97 Å². The number of aromatic nitrogens is 2. The smallest absolute Gasteiger partial charge is 0.338 e. The van der Waals surface area contributed by atoms with E-state index in [-0.39, 0.29) is 11.8 Å². The van der Waals surface area contributed by atoms with Gasteiger partial charge in [-0.2, -0.15) is 4.98 Å². The number of nitrogens with zero attached hydrogens (tertiary/aromatic N) is 2. The van der Waals surface area contributed by atoms with E-state index in [4.69, 9.17) is 4.74 Å². The van der Waals surface area contributed by atoms with E-state index >= 15 is 0 Å². The van der Waals surface area contributed by atoms with Crippen molar-refractivity contribution >= 4 is 23.4 Å². The lowest BCUT2D eigenvalue weighted by Crippen LogP contribution is -2.09. The van der Waals surface area contributed by atoms with Gasteiger partial charge in [-0.3, -0.25) is 0 Å². The van der Waals surface area contributed by atoms with Crippen LogP contribution in [0.25, 0.3) is 0 Å². The first-order chi connectivity index (χ1) is 14.0. The number of benzene rings is 2. The second-order valence-corrected chi connectivity index (χ2v) is 6.44. The Kier molecular flexibility index (Phi) is 6.73. The molecule has 0 saturated heterocycles. The summed E-state index contributed by atoms with van der Waals surface area (Å²) in [5, 5.41) is 6.41. The number of anilines is 3. The minimum atomic E-state index is -0.343. The number of aryl methyl sites for hydroxylation is 1. The number of halogens is 1. The zero-order valence-electron chi connectivity index (χ0n) is 16.4. The fraction of sp³-hybridized carbons (Fsp3) is 0.227. The Morgan fingerprint density at radius 1 is 1.07 bits per heavy atom. The first-order valence-corrected chi connectivity index (χ1v) is 9.41. The molecule has 6 nitrogen and oxygen atoms in total. The number of nitrogens with one attached hydrogen (secondary N) is 2. The first kappa shape index (κ1) is 20.3. The number of rotatable bonds is 8. The molecule has 0 amide bonds. The summed E-state index contributed by atoms with van der Waals surface area (Å²) < 4.78 is 18.0. The van der Waals surface area contributed by atoms with E-state index in [2.05, 4.69) is 20.6 Å². The average Bonchev–Trinajstić information content (AvgIpc) is 2.70. The molecule has 0 unspecified atom stereocenters. The summed E-state index contributed by atoms with van der Waals surface area (Å²) in [4.78, 5) is 20.6. The summed E-state index contributed by atoms with van der Waals surface area (Å²) in [6.45, 7) is 4.64. The standard InChI is InChI=1S/C22H23FN4O2/c1-3-29-21(28)17-6-10-19(11-7-17)26-20-14-15(2)25-22(27-20)24-13-12-16-4-8-18(23)9-5-16/h4-11,14H,3,12-13H2,1-2H3,(H2,24,25,26,27). The van der Waals surface area contributed by atoms with Crippen LogP contribution in [0.5, 0.6) is 0 Å². The van der Waals surface area contributed by atoms with Crippen LogP contribution in [0.3, 0.4) is 0 Å². The molecule has 0 fully saturated rings. The number of hydrogen-bond acceptors (Lipinski definition) is 6. The minimum Gasteiger partial charge on any atom is -0.462 e. The number of ether oxygens (including phenoxy) is 1. The van der Waals surface area contributed by atoms with E-state index in [1.54, 1.807) is 43.3 Å². The zero-order valence-corrected chi connectivity index (χ0v) is 16.4. The van der Waals surface area contributed by atoms with Gasteiger partial charge in [0, 0.05) is 24.0 Å². The monoisotopic (exact) mass is 394 g/mol. The maximum atomic E-state index is 13.0. The topological polar surface area (TPSA) is 76.1 Å². The fourth-order valence-electron chi connectivity index (χ4n) is 2.73. The summed E-state index contributed by atoms with van der Waals surface area (Å²) >= 11 is 0. The van der Waals surface area contributed by atoms with Crippen LogP contribution in [0, 0.1) is 12.7 Å². The number of carbonyl (C=O) groups excluding carboxylic acids is 1. The molecule has 150 valence electrons. The molecule has 0 aliphatic rings. The Morgan fingerprint density at radius 3 is 2.48 bits per heavy atom. The third kappa shape index (κ3) is 6.00. The van der Waals surface area contributed by atoms with Crippen LogP contribution in [0.2, 0.25) is 0 Å². The summed E-state index contributed by atoms with van der Waals surface area (Å²) in [7, 11) is 0. The van der Waals surface area contributed by atoms with Gasteiger partial charge in [0.2, 0.25) is 5.95 Å². The van der Waals surface area contributed by atoms with Crippen LogP contribution >= 0.6 is 0 Å². The fourth-order valence-corrected chi connectivity index (χ4v) is 2.73. The van der Waals surface area contributed by atoms with Crippen molar-refractivity contribution < 1.29 is 13.9 Å². The molecule has 7 heteroatoms. The maximum absolute atomic E-state index is 13.0. The summed E-state index contributed by atoms with van der Waals surface area (Å²) in [6.07, 6.45) is 0.732. The molecule has 1 aromatic heterocycles. The van der Waals surface area contributed by atoms with E-state index in [9.17, 15) is 9.18 Å². The third-order valence-corrected chi connectivity index (χ3v) is 4.13. The molecule has 2 aromatic carbocycles. The molecule has 2 N–H and O–H groups in total. The van der Waals surface area contributed by atoms with E-state index < -0.39 is 0 Å². The van der Waals surface area contributed by atoms with Crippen LogP contribution in [0.1, 0.15) is 28.5 Å². The van der Waals surface area contributed by atoms with Crippen LogP contribution in [-0.4, -0.2) is 29.1 Å². The van der Waals surface area contributed by atoms with Gasteiger partial charge in [-0.1, -0.05) is 12.1 Å². The molecular formula is C22H23FN4O2. The zero-order chi connectivity index (χ0) is 20.6. The lowest BCUT2D eigenvalue weighted by molar-refractivity contribution is 0.0526. The van der Waals surface area contributed by atoms with E-state index in [1.165, 1.54) is 12.1 Å². The van der Waals surface area contributed by atoms with Crippen LogP contribution in [0.4, 0.5) is 21.8 Å². The Labute approximate surface area is 169 Å². The van der Waals surface area contributed by atoms with Crippen molar-refractivity contribution in [1.29, 1.82) is 0 Å². The predicted molar refractivity (Wildman–Crippen MR) is 111 cm³/mol. The van der Waals surface area contributed by atoms with Gasteiger partial charge < -0.3 is 15.4 Å². The molecule has 0 aliphatic carbocycles. The molecule has 0 aliphatic heterocycles. The number of esters is 1. The van der Waals surface area contributed by atoms with Gasteiger partial charge in [0.25, 0.3) is 0 Å². The highest BCUT2D eigenvalue weighted by Crippen LogP contribution is 2.18. The highest BCUT2D eigenvalue weighted by molar-refractivity contribution is 5.89. The molecule has 0 bridgehead atoms. The predicted octanol–water partition coefficient (Wildman–Crippen LogP) is 4.50. The van der Waals surface area contributed by atoms with Crippen molar-refractivity contribution in [1.82, 2.24) is 9.97 Å². The molecule has 3 aromatic rings. The van der Waals surface area contributed by atoms with Crippen LogP contribution in [-0.2, 0) is 11.2 Å². The maximum Gasteiger partial charge on any atom is 0.338 e. The lowest BCUT2D eigenvalue weighted by Gasteiger charge is -2.10. The highest BCUT2D eigenvalue weighted by atomic mass is 19.1. The van der Waals surface area contributed by atoms with Gasteiger partial charge in [0.05, 0.1) is 12.2 Å². The third-order valence-electron chi connectivity index (χ3n) is 4.13. The van der Waals surface area contributed by atoms with Crippen molar-refractivity contribution in [3.8, 4) is 0 Å². The second kappa shape index (κ2) is 9.64. The molecule has 1 heterocycles. The molecule has 0 atom stereocenters. The van der Waals surface area contributed by atoms with Crippen molar-refractivity contribution in [2.24, 2.45) is 0 Å². The van der Waals surface area contributed by atoms with Crippen molar-refractivity contribution in [3.05, 3.63) is 77.2 Å². The first-order valence-electron chi connectivity index (χ1n) is 9.41. The lowest BCUT2D eigenvalue weighted by atomic mass is 10.1. The Morgan fingerprint density at radius 2 is 1.79 bits per heavy atom. The van der Waals surface area contributed by atoms with Gasteiger partial charge in [0.1, 0.15) is 11.6 Å². The number of hydrogen-bond donors (Lipinski definition) is 2. The van der Waals surface area contributed by atoms with E-state index in [1.807, 2.05) is 13.0 Å². The normalized spacial score (nSPS) is 10.4. The van der Waals surface area contributed by atoms with Gasteiger partial charge in [-0.25, -0.2) is 14.2 Å². The molecule has 0 spiro atoms. The second-order valence-electron chi connectivity index (χ2n) is 6.44. The average molecular weight is 394 g/mol. The van der Waals surface area contributed by atoms with Crippen molar-refractivity contribution in [3.63, 3.8) is 0 Å². The van der Waals surface area contributed by atoms with Crippen molar-refractivity contribution in [2.45, 2.75) is 20.3 Å². The van der Waals surface area contributed by atoms with E-state index in [0.717, 1.165) is 23.4 Å².